The van der Waals surface area contributed by atoms with Gasteiger partial charge in [0.2, 0.25) is 0 Å². The number of rotatable bonds is 7. The molecule has 3 nitrogen and oxygen atoms in total. The van der Waals surface area contributed by atoms with Crippen LogP contribution in [0.3, 0.4) is 0 Å². The Hall–Kier alpha value is -1.04. The summed E-state index contributed by atoms with van der Waals surface area (Å²) in [5, 5.41) is 0. The van der Waals surface area contributed by atoms with E-state index in [0.29, 0.717) is 6.42 Å². The van der Waals surface area contributed by atoms with Crippen LogP contribution < -0.4 is 11.3 Å². The van der Waals surface area contributed by atoms with E-state index < -0.39 is 13.0 Å². The van der Waals surface area contributed by atoms with Crippen LogP contribution in [0.1, 0.15) is 29.2 Å². The van der Waals surface area contributed by atoms with E-state index in [1.807, 2.05) is 26.0 Å². The van der Waals surface area contributed by atoms with Crippen molar-refractivity contribution in [1.29, 1.82) is 0 Å². The van der Waals surface area contributed by atoms with Gasteiger partial charge in [-0.15, -0.1) is 0 Å². The van der Waals surface area contributed by atoms with Gasteiger partial charge in [0.1, 0.15) is 6.61 Å². The Morgan fingerprint density at radius 3 is 2.33 bits per heavy atom. The van der Waals surface area contributed by atoms with Crippen LogP contribution in [0.25, 0.3) is 0 Å². The van der Waals surface area contributed by atoms with Crippen LogP contribution in [0, 0.1) is 13.8 Å². The fourth-order valence-electron chi connectivity index (χ4n) is 1.93. The Morgan fingerprint density at radius 1 is 1.22 bits per heavy atom. The van der Waals surface area contributed by atoms with Gasteiger partial charge in [-0.05, 0) is 25.8 Å². The summed E-state index contributed by atoms with van der Waals surface area (Å²) >= 11 is 0. The quantitative estimate of drug-likeness (QED) is 0.449. The largest absolute Gasteiger partial charge is 0.375 e. The van der Waals surface area contributed by atoms with Crippen molar-refractivity contribution in [1.82, 2.24) is 5.43 Å². The standard InChI is InChI=1S/C13H20F2N2O/c1-9-5-10(2)7-11(6-9)12(17-16)3-4-18-8-13(14)15/h5-7,12-13,17H,3-4,8,16H2,1-2H3. The topological polar surface area (TPSA) is 47.3 Å². The molecule has 0 aliphatic carbocycles. The molecule has 1 unspecified atom stereocenters. The van der Waals surface area contributed by atoms with E-state index in [1.165, 1.54) is 0 Å². The number of alkyl halides is 2. The third-order valence-electron chi connectivity index (χ3n) is 2.64. The Kier molecular flexibility index (Phi) is 6.18. The number of hydrazine groups is 1. The second kappa shape index (κ2) is 7.41. The number of aryl methyl sites for hydroxylation is 2. The summed E-state index contributed by atoms with van der Waals surface area (Å²) < 4.78 is 28.7. The highest BCUT2D eigenvalue weighted by Crippen LogP contribution is 2.19. The molecule has 0 bridgehead atoms. The molecule has 0 amide bonds. The molecule has 0 aliphatic rings. The van der Waals surface area contributed by atoms with Gasteiger partial charge in [-0.2, -0.15) is 0 Å². The Labute approximate surface area is 106 Å². The highest BCUT2D eigenvalue weighted by atomic mass is 19.3. The first-order chi connectivity index (χ1) is 8.52. The van der Waals surface area contributed by atoms with Gasteiger partial charge >= 0.3 is 0 Å². The zero-order chi connectivity index (χ0) is 13.5. The highest BCUT2D eigenvalue weighted by molar-refractivity contribution is 5.30. The molecule has 18 heavy (non-hydrogen) atoms. The molecule has 0 radical (unpaired) electrons. The van der Waals surface area contributed by atoms with Gasteiger partial charge in [-0.1, -0.05) is 29.3 Å². The van der Waals surface area contributed by atoms with Crippen molar-refractivity contribution in [3.05, 3.63) is 34.9 Å². The van der Waals surface area contributed by atoms with Gasteiger partial charge in [-0.3, -0.25) is 11.3 Å². The molecule has 0 saturated heterocycles. The smallest absolute Gasteiger partial charge is 0.261 e. The van der Waals surface area contributed by atoms with Gasteiger partial charge in [0, 0.05) is 12.6 Å². The third kappa shape index (κ3) is 5.08. The number of nitrogens with two attached hydrogens (primary N) is 1. The van der Waals surface area contributed by atoms with Crippen LogP contribution >= 0.6 is 0 Å². The summed E-state index contributed by atoms with van der Waals surface area (Å²) in [5.74, 6) is 5.49. The monoisotopic (exact) mass is 258 g/mol. The molecule has 0 saturated carbocycles. The lowest BCUT2D eigenvalue weighted by Gasteiger charge is -2.17. The van der Waals surface area contributed by atoms with Crippen LogP contribution in [-0.4, -0.2) is 19.6 Å². The molecule has 1 aromatic rings. The van der Waals surface area contributed by atoms with E-state index >= 15 is 0 Å². The normalized spacial score (nSPS) is 13.0. The minimum atomic E-state index is -2.42. The van der Waals surface area contributed by atoms with Gasteiger partial charge in [0.05, 0.1) is 0 Å². The maximum Gasteiger partial charge on any atom is 0.261 e. The lowest BCUT2D eigenvalue weighted by atomic mass is 10.00. The molecule has 0 fully saturated rings. The first-order valence-corrected chi connectivity index (χ1v) is 5.93. The third-order valence-corrected chi connectivity index (χ3v) is 2.64. The van der Waals surface area contributed by atoms with Gasteiger partial charge in [0.15, 0.2) is 0 Å². The van der Waals surface area contributed by atoms with E-state index in [-0.39, 0.29) is 12.6 Å². The molecule has 0 heterocycles. The van der Waals surface area contributed by atoms with Crippen molar-refractivity contribution >= 4 is 0 Å². The minimum absolute atomic E-state index is 0.0822. The maximum absolute atomic E-state index is 11.9. The molecule has 0 aliphatic heterocycles. The van der Waals surface area contributed by atoms with Gasteiger partial charge in [0.25, 0.3) is 6.43 Å². The van der Waals surface area contributed by atoms with Gasteiger partial charge in [-0.25, -0.2) is 8.78 Å². The molecule has 1 aromatic carbocycles. The van der Waals surface area contributed by atoms with Crippen molar-refractivity contribution < 1.29 is 13.5 Å². The lowest BCUT2D eigenvalue weighted by molar-refractivity contribution is 0.0143. The SMILES string of the molecule is Cc1cc(C)cc(C(CCOCC(F)F)NN)c1. The second-order valence-electron chi connectivity index (χ2n) is 4.39. The highest BCUT2D eigenvalue weighted by Gasteiger charge is 2.11. The van der Waals surface area contributed by atoms with Gasteiger partial charge < -0.3 is 4.74 Å². The molecule has 3 N–H and O–H groups in total. The Morgan fingerprint density at radius 2 is 1.83 bits per heavy atom. The van der Waals surface area contributed by atoms with E-state index in [9.17, 15) is 8.78 Å². The van der Waals surface area contributed by atoms with Crippen molar-refractivity contribution in [2.45, 2.75) is 32.7 Å². The zero-order valence-electron chi connectivity index (χ0n) is 10.7. The first-order valence-electron chi connectivity index (χ1n) is 5.93. The summed E-state index contributed by atoms with van der Waals surface area (Å²) in [4.78, 5) is 0. The van der Waals surface area contributed by atoms with Crippen molar-refractivity contribution in [3.8, 4) is 0 Å². The summed E-state index contributed by atoms with van der Waals surface area (Å²) in [6, 6.07) is 6.06. The predicted octanol–water partition coefficient (Wildman–Crippen LogP) is 2.48. The summed E-state index contributed by atoms with van der Waals surface area (Å²) in [5.41, 5.74) is 6.05. The van der Waals surface area contributed by atoms with Crippen LogP contribution in [0.4, 0.5) is 8.78 Å². The molecular formula is C13H20F2N2O. The van der Waals surface area contributed by atoms with Crippen LogP contribution in [0.2, 0.25) is 0 Å². The average Bonchev–Trinajstić information content (AvgIpc) is 2.27. The summed E-state index contributed by atoms with van der Waals surface area (Å²) in [6.45, 7) is 3.76. The number of hydrogen-bond acceptors (Lipinski definition) is 3. The predicted molar refractivity (Wildman–Crippen MR) is 67.4 cm³/mol. The summed E-state index contributed by atoms with van der Waals surface area (Å²) in [7, 11) is 0. The van der Waals surface area contributed by atoms with Crippen molar-refractivity contribution in [2.24, 2.45) is 5.84 Å². The fourth-order valence-corrected chi connectivity index (χ4v) is 1.93. The molecule has 1 rings (SSSR count). The summed E-state index contributed by atoms with van der Waals surface area (Å²) in [6.07, 6.45) is -1.86. The van der Waals surface area contributed by atoms with E-state index in [0.717, 1.165) is 16.7 Å². The van der Waals surface area contributed by atoms with E-state index in [4.69, 9.17) is 10.6 Å². The van der Waals surface area contributed by atoms with Crippen molar-refractivity contribution in [2.75, 3.05) is 13.2 Å². The number of hydrogen-bond donors (Lipinski definition) is 2. The fraction of sp³-hybridized carbons (Fsp3) is 0.538. The molecule has 5 heteroatoms. The van der Waals surface area contributed by atoms with Crippen molar-refractivity contribution in [3.63, 3.8) is 0 Å². The number of nitrogens with one attached hydrogen (secondary N) is 1. The Bertz CT molecular complexity index is 352. The van der Waals surface area contributed by atoms with Crippen LogP contribution in [0.5, 0.6) is 0 Å². The molecular weight excluding hydrogens is 238 g/mol. The molecule has 102 valence electrons. The van der Waals surface area contributed by atoms with Crippen LogP contribution in [0.15, 0.2) is 18.2 Å². The first kappa shape index (κ1) is 15.0. The minimum Gasteiger partial charge on any atom is -0.375 e. The molecule has 0 aromatic heterocycles. The molecule has 0 spiro atoms. The number of benzene rings is 1. The number of ether oxygens (including phenoxy) is 1. The van der Waals surface area contributed by atoms with E-state index in [2.05, 4.69) is 11.5 Å². The Balaban J connectivity index is 2.54. The zero-order valence-corrected chi connectivity index (χ0v) is 10.7. The van der Waals surface area contributed by atoms with E-state index in [1.54, 1.807) is 0 Å². The lowest BCUT2D eigenvalue weighted by Crippen LogP contribution is -2.29. The number of halogens is 2. The molecule has 1 atom stereocenters. The average molecular weight is 258 g/mol. The maximum atomic E-state index is 11.9. The second-order valence-corrected chi connectivity index (χ2v) is 4.39. The van der Waals surface area contributed by atoms with Crippen LogP contribution in [-0.2, 0) is 4.74 Å².